The van der Waals surface area contributed by atoms with Crippen LogP contribution in [-0.4, -0.2) is 19.4 Å². The molecule has 8 aromatic carbocycles. The Balaban J connectivity index is 1.13. The number of hydrogen-bond acceptors (Lipinski definition) is 3. The molecule has 4 heterocycles. The van der Waals surface area contributed by atoms with E-state index in [9.17, 15) is 0 Å². The third-order valence-corrected chi connectivity index (χ3v) is 12.6. The monoisotopic (exact) mass is 816 g/mol. The summed E-state index contributed by atoms with van der Waals surface area (Å²) >= 11 is 0. The molecule has 0 amide bonds. The van der Waals surface area contributed by atoms with Gasteiger partial charge in [-0.2, -0.15) is 0 Å². The van der Waals surface area contributed by atoms with E-state index in [1.165, 1.54) is 54.6 Å². The zero-order chi connectivity index (χ0) is 42.6. The highest BCUT2D eigenvalue weighted by Gasteiger charge is 2.23. The highest BCUT2D eigenvalue weighted by molar-refractivity contribution is 6.22. The summed E-state index contributed by atoms with van der Waals surface area (Å²) in [4.78, 5) is 15.0. The van der Waals surface area contributed by atoms with Crippen molar-refractivity contribution >= 4 is 65.7 Å². The fraction of sp³-hybridized carbons (Fsp3) is 0.0167. The number of para-hydroxylation sites is 1. The molecule has 0 unspecified atom stereocenters. The maximum atomic E-state index is 5.39. The second kappa shape index (κ2) is 15.5. The first kappa shape index (κ1) is 37.3. The number of aromatic nitrogens is 4. The van der Waals surface area contributed by atoms with Crippen LogP contribution in [-0.2, 0) is 0 Å². The molecule has 64 heavy (non-hydrogen) atoms. The lowest BCUT2D eigenvalue weighted by molar-refractivity contribution is 1.22. The van der Waals surface area contributed by atoms with Crippen LogP contribution in [0.3, 0.4) is 0 Å². The lowest BCUT2D eigenvalue weighted by Gasteiger charge is -2.19. The van der Waals surface area contributed by atoms with Gasteiger partial charge < -0.3 is 0 Å². The second-order valence-electron chi connectivity index (χ2n) is 16.3. The van der Waals surface area contributed by atoms with E-state index in [4.69, 9.17) is 15.0 Å². The van der Waals surface area contributed by atoms with Crippen molar-refractivity contribution in [1.82, 2.24) is 19.4 Å². The van der Waals surface area contributed by atoms with Crippen LogP contribution < -0.4 is 0 Å². The van der Waals surface area contributed by atoms with E-state index in [2.05, 4.69) is 186 Å². The average Bonchev–Trinajstić information content (AvgIpc) is 3.77. The molecule has 0 bridgehead atoms. The molecular weight excluding hydrogens is 777 g/mol. The number of fused-ring (bicyclic) bond motifs is 9. The van der Waals surface area contributed by atoms with E-state index >= 15 is 0 Å². The molecule has 0 saturated heterocycles. The largest absolute Gasteiger partial charge is 0.290 e. The Hall–Kier alpha value is -8.47. The van der Waals surface area contributed by atoms with Crippen molar-refractivity contribution in [2.24, 2.45) is 0 Å². The molecule has 0 saturated carbocycles. The summed E-state index contributed by atoms with van der Waals surface area (Å²) < 4.78 is 2.27. The van der Waals surface area contributed by atoms with E-state index in [-0.39, 0.29) is 0 Å². The van der Waals surface area contributed by atoms with Crippen LogP contribution >= 0.6 is 0 Å². The van der Waals surface area contributed by atoms with Crippen molar-refractivity contribution in [3.8, 4) is 56.2 Å². The molecule has 0 aliphatic heterocycles. The Labute approximate surface area is 370 Å². The van der Waals surface area contributed by atoms with Gasteiger partial charge in [-0.15, -0.1) is 0 Å². The van der Waals surface area contributed by atoms with Gasteiger partial charge in [0.1, 0.15) is 17.0 Å². The zero-order valence-electron chi connectivity index (χ0n) is 35.2. The van der Waals surface area contributed by atoms with Gasteiger partial charge >= 0.3 is 0 Å². The molecule has 0 fully saturated rings. The normalized spacial score (nSPS) is 12.0. The lowest BCUT2D eigenvalue weighted by atomic mass is 9.84. The van der Waals surface area contributed by atoms with Gasteiger partial charge in [0.25, 0.3) is 0 Å². The summed E-state index contributed by atoms with van der Waals surface area (Å²) in [5.74, 6) is 0. The Morgan fingerprint density at radius 1 is 0.422 bits per heavy atom. The molecule has 0 aliphatic rings. The van der Waals surface area contributed by atoms with Gasteiger partial charge in [-0.3, -0.25) is 14.4 Å². The highest BCUT2D eigenvalue weighted by Crippen LogP contribution is 2.46. The third kappa shape index (κ3) is 6.19. The van der Waals surface area contributed by atoms with Gasteiger partial charge in [-0.05, 0) is 144 Å². The van der Waals surface area contributed by atoms with Crippen LogP contribution in [0.25, 0.3) is 122 Å². The van der Waals surface area contributed by atoms with Crippen LogP contribution in [0, 0.1) is 0 Å². The molecule has 4 heteroatoms. The SMILES string of the molecule is C/C=C\C=C/c1cccc(-c2c3ccccc3c(-c3ccc4ccccc4c3)c3ccc(-c4ccc5c(c4)c4ccccc4n4c(-c6ccccn6)c(-c6ccccn6)nc54)cc23)c1. The predicted molar refractivity (Wildman–Crippen MR) is 269 cm³/mol. The summed E-state index contributed by atoms with van der Waals surface area (Å²) in [6, 6.07) is 67.9. The minimum Gasteiger partial charge on any atom is -0.290 e. The lowest BCUT2D eigenvalue weighted by Crippen LogP contribution is -1.96. The molecule has 0 atom stereocenters. The van der Waals surface area contributed by atoms with Gasteiger partial charge in [0.15, 0.2) is 0 Å². The molecule has 12 rings (SSSR count). The predicted octanol–water partition coefficient (Wildman–Crippen LogP) is 15.8. The topological polar surface area (TPSA) is 43.1 Å². The van der Waals surface area contributed by atoms with Gasteiger partial charge in [0.2, 0.25) is 0 Å². The minimum absolute atomic E-state index is 0.805. The standard InChI is InChI=1S/C60H40N4/c1-2-3-4-16-39-17-15-20-44(35-39)57-48-23-8-7-22-47(48)56(45-28-27-40-18-5-6-19-41(40)36-45)49-31-29-43(38-52(49)57)42-30-32-50-51(37-42)46-21-9-10-26-55(46)64-59(54-25-12-14-34-62-54)58(63-60(50)64)53-24-11-13-33-61-53/h2-38H,1H3/b3-2-,16-4-. The van der Waals surface area contributed by atoms with Crippen LogP contribution in [0.1, 0.15) is 12.5 Å². The van der Waals surface area contributed by atoms with Crippen molar-refractivity contribution in [1.29, 1.82) is 0 Å². The van der Waals surface area contributed by atoms with E-state index < -0.39 is 0 Å². The number of pyridine rings is 3. The zero-order valence-corrected chi connectivity index (χ0v) is 35.2. The number of nitrogens with zero attached hydrogens (tertiary/aromatic N) is 4. The maximum Gasteiger partial charge on any atom is 0.146 e. The number of imidazole rings is 1. The second-order valence-corrected chi connectivity index (χ2v) is 16.3. The van der Waals surface area contributed by atoms with Crippen molar-refractivity contribution in [2.45, 2.75) is 6.92 Å². The Morgan fingerprint density at radius 3 is 1.81 bits per heavy atom. The minimum atomic E-state index is 0.805. The summed E-state index contributed by atoms with van der Waals surface area (Å²) in [5.41, 5.74) is 13.6. The first-order chi connectivity index (χ1) is 31.7. The number of hydrogen-bond donors (Lipinski definition) is 0. The van der Waals surface area contributed by atoms with E-state index in [1.807, 2.05) is 49.6 Å². The average molecular weight is 817 g/mol. The molecule has 300 valence electrons. The first-order valence-corrected chi connectivity index (χ1v) is 21.8. The Bertz CT molecular complexity index is 3840. The highest BCUT2D eigenvalue weighted by atomic mass is 15.1. The molecule has 0 spiro atoms. The van der Waals surface area contributed by atoms with Crippen molar-refractivity contribution in [3.05, 3.63) is 224 Å². The van der Waals surface area contributed by atoms with E-state index in [0.29, 0.717) is 0 Å². The molecular formula is C60H40N4. The molecule has 4 aromatic heterocycles. The van der Waals surface area contributed by atoms with Crippen LogP contribution in [0.4, 0.5) is 0 Å². The van der Waals surface area contributed by atoms with Crippen molar-refractivity contribution < 1.29 is 0 Å². The molecule has 0 aliphatic carbocycles. The van der Waals surface area contributed by atoms with Crippen molar-refractivity contribution in [2.75, 3.05) is 0 Å². The van der Waals surface area contributed by atoms with Crippen LogP contribution in [0.5, 0.6) is 0 Å². The van der Waals surface area contributed by atoms with Crippen molar-refractivity contribution in [3.63, 3.8) is 0 Å². The first-order valence-electron chi connectivity index (χ1n) is 21.8. The fourth-order valence-corrected chi connectivity index (χ4v) is 9.69. The number of allylic oxidation sites excluding steroid dienone is 3. The van der Waals surface area contributed by atoms with E-state index in [1.54, 1.807) is 0 Å². The molecule has 0 radical (unpaired) electrons. The molecule has 0 N–H and O–H groups in total. The summed E-state index contributed by atoms with van der Waals surface area (Å²) in [6.45, 7) is 2.04. The van der Waals surface area contributed by atoms with Gasteiger partial charge in [-0.25, -0.2) is 4.98 Å². The van der Waals surface area contributed by atoms with Gasteiger partial charge in [0.05, 0.1) is 16.9 Å². The summed E-state index contributed by atoms with van der Waals surface area (Å²) in [6.07, 6.45) is 12.1. The van der Waals surface area contributed by atoms with Gasteiger partial charge in [0, 0.05) is 23.2 Å². The Kier molecular flexibility index (Phi) is 9.01. The quantitative estimate of drug-likeness (QED) is 0.0914. The van der Waals surface area contributed by atoms with Crippen LogP contribution in [0.15, 0.2) is 219 Å². The summed E-state index contributed by atoms with van der Waals surface area (Å²) in [5, 5.41) is 10.7. The smallest absolute Gasteiger partial charge is 0.146 e. The Morgan fingerprint density at radius 2 is 1.05 bits per heavy atom. The van der Waals surface area contributed by atoms with Gasteiger partial charge in [-0.1, -0.05) is 152 Å². The summed E-state index contributed by atoms with van der Waals surface area (Å²) in [7, 11) is 0. The fourth-order valence-electron chi connectivity index (χ4n) is 9.69. The van der Waals surface area contributed by atoms with E-state index in [0.717, 1.165) is 66.8 Å². The molecule has 12 aromatic rings. The third-order valence-electron chi connectivity index (χ3n) is 12.6. The van der Waals surface area contributed by atoms with Crippen LogP contribution in [0.2, 0.25) is 0 Å². The molecule has 4 nitrogen and oxygen atoms in total. The maximum absolute atomic E-state index is 5.39. The number of rotatable bonds is 7. The number of benzene rings is 8.